The van der Waals surface area contributed by atoms with Crippen LogP contribution in [0.15, 0.2) is 36.4 Å². The lowest BCUT2D eigenvalue weighted by molar-refractivity contribution is -0.142. The summed E-state index contributed by atoms with van der Waals surface area (Å²) in [5.41, 5.74) is 5.35. The Morgan fingerprint density at radius 3 is 2.40 bits per heavy atom. The Morgan fingerprint density at radius 2 is 1.77 bits per heavy atom. The smallest absolute Gasteiger partial charge is 0.261 e. The molecule has 1 atom stereocenters. The van der Waals surface area contributed by atoms with Gasteiger partial charge < -0.3 is 15.0 Å². The van der Waals surface area contributed by atoms with Gasteiger partial charge in [0, 0.05) is 13.1 Å². The van der Waals surface area contributed by atoms with Crippen LogP contribution >= 0.6 is 0 Å². The normalized spacial score (nSPS) is 11.7. The van der Waals surface area contributed by atoms with E-state index in [2.05, 4.69) is 11.4 Å². The lowest BCUT2D eigenvalue weighted by Crippen LogP contribution is -2.50. The monoisotopic (exact) mass is 410 g/mol. The van der Waals surface area contributed by atoms with Gasteiger partial charge in [-0.15, -0.1) is 0 Å². The van der Waals surface area contributed by atoms with Crippen LogP contribution in [0.1, 0.15) is 48.1 Å². The van der Waals surface area contributed by atoms with Gasteiger partial charge in [0.25, 0.3) is 5.91 Å². The van der Waals surface area contributed by atoms with Gasteiger partial charge in [0.05, 0.1) is 0 Å². The van der Waals surface area contributed by atoms with Crippen molar-refractivity contribution in [2.24, 2.45) is 0 Å². The van der Waals surface area contributed by atoms with Crippen LogP contribution in [0.4, 0.5) is 0 Å². The van der Waals surface area contributed by atoms with Crippen LogP contribution in [0.25, 0.3) is 0 Å². The van der Waals surface area contributed by atoms with E-state index >= 15 is 0 Å². The van der Waals surface area contributed by atoms with Gasteiger partial charge in [-0.2, -0.15) is 0 Å². The molecule has 0 spiro atoms. The maximum Gasteiger partial charge on any atom is 0.261 e. The number of ether oxygens (including phenoxy) is 1. The maximum atomic E-state index is 13.2. The number of carbonyl (C=O) groups excluding carboxylic acids is 2. The zero-order valence-electron chi connectivity index (χ0n) is 19.0. The Balaban J connectivity index is 2.26. The topological polar surface area (TPSA) is 58.6 Å². The molecule has 5 nitrogen and oxygen atoms in total. The van der Waals surface area contributed by atoms with Gasteiger partial charge in [0.15, 0.2) is 6.61 Å². The Morgan fingerprint density at radius 1 is 1.03 bits per heavy atom. The summed E-state index contributed by atoms with van der Waals surface area (Å²) in [5, 5.41) is 2.85. The average molecular weight is 411 g/mol. The zero-order valence-corrected chi connectivity index (χ0v) is 19.0. The highest BCUT2D eigenvalue weighted by atomic mass is 16.5. The third kappa shape index (κ3) is 6.09. The molecule has 0 aliphatic carbocycles. The van der Waals surface area contributed by atoms with Crippen LogP contribution in [0.5, 0.6) is 5.75 Å². The minimum absolute atomic E-state index is 0.106. The fourth-order valence-corrected chi connectivity index (χ4v) is 3.59. The molecule has 0 bridgehead atoms. The van der Waals surface area contributed by atoms with Gasteiger partial charge in [-0.1, -0.05) is 42.8 Å². The molecule has 0 saturated carbocycles. The summed E-state index contributed by atoms with van der Waals surface area (Å²) >= 11 is 0. The third-order valence-electron chi connectivity index (χ3n) is 5.29. The molecule has 2 amide bonds. The number of aryl methyl sites for hydroxylation is 3. The van der Waals surface area contributed by atoms with Crippen LogP contribution in [0.3, 0.4) is 0 Å². The Labute approximate surface area is 180 Å². The molecule has 0 saturated heterocycles. The number of nitrogens with one attached hydrogen (secondary N) is 1. The first kappa shape index (κ1) is 23.5. The molecule has 0 heterocycles. The molecule has 5 heteroatoms. The molecule has 0 aromatic heterocycles. The SMILES string of the molecule is CCNC(=O)[C@H](CC)N(Cc1cccc(C)c1)C(=O)COc1cc(C)cc(C)c1C. The van der Waals surface area contributed by atoms with Gasteiger partial charge in [-0.3, -0.25) is 9.59 Å². The van der Waals surface area contributed by atoms with Crippen molar-refractivity contribution in [1.82, 2.24) is 10.2 Å². The van der Waals surface area contributed by atoms with E-state index in [1.807, 2.05) is 71.9 Å². The Kier molecular flexibility index (Phi) is 8.46. The number of hydrogen-bond donors (Lipinski definition) is 1. The predicted molar refractivity (Wildman–Crippen MR) is 121 cm³/mol. The van der Waals surface area contributed by atoms with Crippen LogP contribution in [0, 0.1) is 27.7 Å². The molecule has 0 radical (unpaired) electrons. The molecule has 2 aromatic carbocycles. The third-order valence-corrected chi connectivity index (χ3v) is 5.29. The van der Waals surface area contributed by atoms with E-state index in [0.717, 1.165) is 27.8 Å². The van der Waals surface area contributed by atoms with E-state index in [4.69, 9.17) is 4.74 Å². The fourth-order valence-electron chi connectivity index (χ4n) is 3.59. The lowest BCUT2D eigenvalue weighted by atomic mass is 10.1. The summed E-state index contributed by atoms with van der Waals surface area (Å²) in [4.78, 5) is 27.5. The minimum Gasteiger partial charge on any atom is -0.483 e. The number of carbonyl (C=O) groups is 2. The van der Waals surface area contributed by atoms with E-state index in [9.17, 15) is 9.59 Å². The number of nitrogens with zero attached hydrogens (tertiary/aromatic N) is 1. The highest BCUT2D eigenvalue weighted by Gasteiger charge is 2.28. The quantitative estimate of drug-likeness (QED) is 0.673. The Hall–Kier alpha value is -2.82. The summed E-state index contributed by atoms with van der Waals surface area (Å²) in [6, 6.07) is 11.5. The number of hydrogen-bond acceptors (Lipinski definition) is 3. The molecule has 162 valence electrons. The van der Waals surface area contributed by atoms with E-state index < -0.39 is 6.04 Å². The summed E-state index contributed by atoms with van der Waals surface area (Å²) in [6.07, 6.45) is 0.534. The highest BCUT2D eigenvalue weighted by Crippen LogP contribution is 2.23. The molecular weight excluding hydrogens is 376 g/mol. The molecule has 0 unspecified atom stereocenters. The summed E-state index contributed by atoms with van der Waals surface area (Å²) < 4.78 is 5.91. The van der Waals surface area contributed by atoms with Crippen molar-refractivity contribution in [3.8, 4) is 5.75 Å². The van der Waals surface area contributed by atoms with Gasteiger partial charge >= 0.3 is 0 Å². The van der Waals surface area contributed by atoms with Crippen molar-refractivity contribution in [2.75, 3.05) is 13.2 Å². The first-order valence-electron chi connectivity index (χ1n) is 10.6. The van der Waals surface area contributed by atoms with Crippen molar-refractivity contribution in [2.45, 2.75) is 60.5 Å². The first-order chi connectivity index (χ1) is 14.3. The van der Waals surface area contributed by atoms with Gasteiger partial charge in [0.2, 0.25) is 5.91 Å². The molecule has 2 aromatic rings. The van der Waals surface area contributed by atoms with Gasteiger partial charge in [-0.25, -0.2) is 0 Å². The Bertz CT molecular complexity index is 892. The van der Waals surface area contributed by atoms with E-state index in [1.165, 1.54) is 0 Å². The second-order valence-corrected chi connectivity index (χ2v) is 7.82. The number of likely N-dealkylation sites (N-methyl/N-ethyl adjacent to an activating group) is 1. The van der Waals surface area contributed by atoms with E-state index in [0.29, 0.717) is 25.3 Å². The van der Waals surface area contributed by atoms with Crippen molar-refractivity contribution in [3.63, 3.8) is 0 Å². The van der Waals surface area contributed by atoms with Gasteiger partial charge in [0.1, 0.15) is 11.8 Å². The molecule has 0 aliphatic heterocycles. The van der Waals surface area contributed by atoms with Crippen molar-refractivity contribution in [3.05, 3.63) is 64.2 Å². The summed E-state index contributed by atoms with van der Waals surface area (Å²) in [5.74, 6) is 0.374. The average Bonchev–Trinajstić information content (AvgIpc) is 2.69. The number of amides is 2. The van der Waals surface area contributed by atoms with E-state index in [1.54, 1.807) is 4.90 Å². The van der Waals surface area contributed by atoms with Crippen molar-refractivity contribution >= 4 is 11.8 Å². The largest absolute Gasteiger partial charge is 0.483 e. The number of rotatable bonds is 9. The van der Waals surface area contributed by atoms with Crippen LogP contribution in [-0.4, -0.2) is 35.9 Å². The highest BCUT2D eigenvalue weighted by molar-refractivity contribution is 5.88. The fraction of sp³-hybridized carbons (Fsp3) is 0.440. The molecule has 2 rings (SSSR count). The van der Waals surface area contributed by atoms with Crippen LogP contribution < -0.4 is 10.1 Å². The molecule has 0 fully saturated rings. The summed E-state index contributed by atoms with van der Waals surface area (Å²) in [6.45, 7) is 12.6. The molecular formula is C25H34N2O3. The maximum absolute atomic E-state index is 13.2. The van der Waals surface area contributed by atoms with Crippen molar-refractivity contribution in [1.29, 1.82) is 0 Å². The van der Waals surface area contributed by atoms with Crippen LogP contribution in [0.2, 0.25) is 0 Å². The zero-order chi connectivity index (χ0) is 22.3. The molecule has 1 N–H and O–H groups in total. The van der Waals surface area contributed by atoms with Crippen LogP contribution in [-0.2, 0) is 16.1 Å². The standard InChI is InChI=1S/C25H34N2O3/c1-7-22(25(29)26-8-2)27(15-21-11-9-10-17(3)13-21)24(28)16-30-23-14-18(4)12-19(5)20(23)6/h9-14,22H,7-8,15-16H2,1-6H3,(H,26,29)/t22-/m0/s1. The predicted octanol–water partition coefficient (Wildman–Crippen LogP) is 4.24. The van der Waals surface area contributed by atoms with E-state index in [-0.39, 0.29) is 18.4 Å². The molecule has 30 heavy (non-hydrogen) atoms. The summed E-state index contributed by atoms with van der Waals surface area (Å²) in [7, 11) is 0. The first-order valence-corrected chi connectivity index (χ1v) is 10.6. The second kappa shape index (κ2) is 10.8. The number of benzene rings is 2. The minimum atomic E-state index is -0.540. The van der Waals surface area contributed by atoms with Crippen molar-refractivity contribution < 1.29 is 14.3 Å². The van der Waals surface area contributed by atoms with Gasteiger partial charge in [-0.05, 0) is 69.4 Å². The second-order valence-electron chi connectivity index (χ2n) is 7.82. The lowest BCUT2D eigenvalue weighted by Gasteiger charge is -2.30. The molecule has 0 aliphatic rings.